The summed E-state index contributed by atoms with van der Waals surface area (Å²) in [6.45, 7) is 0.781. The highest BCUT2D eigenvalue weighted by Crippen LogP contribution is 2.37. The number of nitrogens with two attached hydrogens (primary N) is 1. The Morgan fingerprint density at radius 1 is 1.41 bits per heavy atom. The van der Waals surface area contributed by atoms with Gasteiger partial charge < -0.3 is 25.0 Å². The molecule has 2 atom stereocenters. The Balaban J connectivity index is 0.00000210. The summed E-state index contributed by atoms with van der Waals surface area (Å²) in [5, 5.41) is 9.25. The van der Waals surface area contributed by atoms with Crippen LogP contribution in [0.3, 0.4) is 0 Å². The summed E-state index contributed by atoms with van der Waals surface area (Å²) in [6.07, 6.45) is 2.82. The molecule has 0 amide bonds. The highest BCUT2D eigenvalue weighted by Gasteiger charge is 2.34. The Bertz CT molecular complexity index is 962. The van der Waals surface area contributed by atoms with Crippen molar-refractivity contribution < 1.29 is 19.0 Å². The molecule has 8 nitrogen and oxygen atoms in total. The van der Waals surface area contributed by atoms with Gasteiger partial charge in [-0.2, -0.15) is 0 Å². The second-order valence-electron chi connectivity index (χ2n) is 6.82. The quantitative estimate of drug-likeness (QED) is 0.794. The molecule has 27 heavy (non-hydrogen) atoms. The largest absolute Gasteiger partial charge is 0.477 e. The van der Waals surface area contributed by atoms with Crippen LogP contribution in [-0.4, -0.2) is 53.0 Å². The van der Waals surface area contributed by atoms with E-state index in [2.05, 4.69) is 4.98 Å². The molecule has 2 aromatic rings. The topological polar surface area (TPSA) is 111 Å². The molecular formula is C17H20ClFN4O4. The Hall–Kier alpha value is -2.23. The smallest absolute Gasteiger partial charge is 0.341 e. The van der Waals surface area contributed by atoms with Crippen LogP contribution >= 0.6 is 12.4 Å². The number of aromatic carboxylic acids is 1. The van der Waals surface area contributed by atoms with E-state index in [1.54, 1.807) is 16.6 Å². The minimum absolute atomic E-state index is 0. The Kier molecular flexibility index (Phi) is 5.11. The highest BCUT2D eigenvalue weighted by molar-refractivity contribution is 5.92. The highest BCUT2D eigenvalue weighted by atomic mass is 35.5. The van der Waals surface area contributed by atoms with Gasteiger partial charge >= 0.3 is 5.97 Å². The first-order chi connectivity index (χ1) is 12.4. The van der Waals surface area contributed by atoms with Gasteiger partial charge in [0, 0.05) is 32.4 Å². The number of rotatable bonds is 4. The molecular weight excluding hydrogens is 379 g/mol. The van der Waals surface area contributed by atoms with Crippen molar-refractivity contribution in [3.63, 3.8) is 0 Å². The maximum Gasteiger partial charge on any atom is 0.341 e. The molecule has 0 aromatic carbocycles. The molecule has 1 aliphatic carbocycles. The number of fused-ring (bicyclic) bond motifs is 1. The summed E-state index contributed by atoms with van der Waals surface area (Å²) < 4.78 is 21.7. The van der Waals surface area contributed by atoms with Gasteiger partial charge in [0.25, 0.3) is 0 Å². The number of nitrogens with zero attached hydrogens (tertiary/aromatic N) is 3. The SMILES string of the molecule is COC1CN(c2nc3c(cc2F)c(=O)c(C(=O)O)cn3C2CC2)CC1N.Cl. The number of anilines is 1. The first-order valence-electron chi connectivity index (χ1n) is 8.42. The zero-order valence-corrected chi connectivity index (χ0v) is 15.4. The van der Waals surface area contributed by atoms with Gasteiger partial charge in [0.05, 0.1) is 17.5 Å². The average molecular weight is 399 g/mol. The van der Waals surface area contributed by atoms with Crippen molar-refractivity contribution in [3.05, 3.63) is 33.9 Å². The minimum atomic E-state index is -1.33. The van der Waals surface area contributed by atoms with E-state index in [-0.39, 0.29) is 47.4 Å². The zero-order chi connectivity index (χ0) is 18.6. The number of pyridine rings is 2. The number of carbonyl (C=O) groups is 1. The summed E-state index contributed by atoms with van der Waals surface area (Å²) in [4.78, 5) is 29.9. The van der Waals surface area contributed by atoms with Crippen molar-refractivity contribution in [2.24, 2.45) is 5.73 Å². The number of carboxylic acid groups (broad SMARTS) is 1. The summed E-state index contributed by atoms with van der Waals surface area (Å²) in [5.41, 5.74) is 5.21. The van der Waals surface area contributed by atoms with E-state index in [1.165, 1.54) is 6.20 Å². The van der Waals surface area contributed by atoms with Crippen LogP contribution < -0.4 is 16.1 Å². The lowest BCUT2D eigenvalue weighted by Gasteiger charge is -2.19. The second-order valence-corrected chi connectivity index (χ2v) is 6.82. The van der Waals surface area contributed by atoms with Crippen LogP contribution in [0.5, 0.6) is 0 Å². The lowest BCUT2D eigenvalue weighted by atomic mass is 10.2. The third-order valence-electron chi connectivity index (χ3n) is 5.02. The van der Waals surface area contributed by atoms with Gasteiger partial charge in [-0.1, -0.05) is 0 Å². The Morgan fingerprint density at radius 2 is 2.11 bits per heavy atom. The zero-order valence-electron chi connectivity index (χ0n) is 14.6. The van der Waals surface area contributed by atoms with E-state index in [1.807, 2.05) is 0 Å². The van der Waals surface area contributed by atoms with Crippen LogP contribution in [0.25, 0.3) is 11.0 Å². The van der Waals surface area contributed by atoms with E-state index in [0.717, 1.165) is 18.9 Å². The average Bonchev–Trinajstić information content (AvgIpc) is 3.37. The molecule has 1 saturated carbocycles. The number of aromatic nitrogens is 2. The van der Waals surface area contributed by atoms with Gasteiger partial charge in [-0.3, -0.25) is 4.79 Å². The van der Waals surface area contributed by atoms with E-state index in [0.29, 0.717) is 18.7 Å². The molecule has 3 heterocycles. The van der Waals surface area contributed by atoms with E-state index < -0.39 is 17.2 Å². The molecule has 2 unspecified atom stereocenters. The normalized spacial score (nSPS) is 22.1. The molecule has 1 saturated heterocycles. The molecule has 0 spiro atoms. The Morgan fingerprint density at radius 3 is 2.67 bits per heavy atom. The van der Waals surface area contributed by atoms with Crippen molar-refractivity contribution in [3.8, 4) is 0 Å². The van der Waals surface area contributed by atoms with E-state index in [4.69, 9.17) is 10.5 Å². The van der Waals surface area contributed by atoms with Crippen molar-refractivity contribution in [2.45, 2.75) is 31.0 Å². The van der Waals surface area contributed by atoms with Crippen LogP contribution in [0, 0.1) is 5.82 Å². The van der Waals surface area contributed by atoms with Gasteiger partial charge in [-0.05, 0) is 18.9 Å². The molecule has 3 N–H and O–H groups in total. The molecule has 2 aromatic heterocycles. The molecule has 0 bridgehead atoms. The third-order valence-corrected chi connectivity index (χ3v) is 5.02. The van der Waals surface area contributed by atoms with Crippen molar-refractivity contribution in [2.75, 3.05) is 25.1 Å². The molecule has 2 aliphatic rings. The maximum atomic E-state index is 14.7. The first kappa shape index (κ1) is 19.5. The summed E-state index contributed by atoms with van der Waals surface area (Å²) in [6, 6.07) is 0.892. The molecule has 4 rings (SSSR count). The minimum Gasteiger partial charge on any atom is -0.477 e. The number of hydrogen-bond donors (Lipinski definition) is 2. The van der Waals surface area contributed by atoms with Gasteiger partial charge in [0.1, 0.15) is 11.2 Å². The number of methoxy groups -OCH3 is 1. The molecule has 1 aliphatic heterocycles. The fourth-order valence-corrected chi connectivity index (χ4v) is 3.46. The fourth-order valence-electron chi connectivity index (χ4n) is 3.46. The summed E-state index contributed by atoms with van der Waals surface area (Å²) in [5.74, 6) is -1.91. The van der Waals surface area contributed by atoms with Crippen molar-refractivity contribution >= 4 is 35.2 Å². The Labute approximate surface area is 160 Å². The standard InChI is InChI=1S/C17H19FN4O4.ClH/c1-26-13-7-21(6-12(13)19)16-11(18)4-9-14(23)10(17(24)25)5-22(8-2-3-8)15(9)20-16;/h4-5,8,12-13H,2-3,6-7,19H2,1H3,(H,24,25);1H. The van der Waals surface area contributed by atoms with E-state index >= 15 is 0 Å². The lowest BCUT2D eigenvalue weighted by molar-refractivity contribution is 0.0695. The van der Waals surface area contributed by atoms with E-state index in [9.17, 15) is 19.1 Å². The number of carboxylic acids is 1. The van der Waals surface area contributed by atoms with Crippen LogP contribution in [0.2, 0.25) is 0 Å². The number of halogens is 2. The predicted octanol–water partition coefficient (Wildman–Crippen LogP) is 1.15. The molecule has 2 fully saturated rings. The van der Waals surface area contributed by atoms with Gasteiger partial charge in [0.15, 0.2) is 11.6 Å². The lowest BCUT2D eigenvalue weighted by Crippen LogP contribution is -2.34. The van der Waals surface area contributed by atoms with Gasteiger partial charge in [-0.15, -0.1) is 12.4 Å². The molecule has 146 valence electrons. The number of hydrogen-bond acceptors (Lipinski definition) is 6. The predicted molar refractivity (Wildman–Crippen MR) is 99.4 cm³/mol. The number of ether oxygens (including phenoxy) is 1. The van der Waals surface area contributed by atoms with Crippen LogP contribution in [-0.2, 0) is 4.74 Å². The summed E-state index contributed by atoms with van der Waals surface area (Å²) in [7, 11) is 1.55. The van der Waals surface area contributed by atoms with Gasteiger partial charge in [0.2, 0.25) is 5.43 Å². The third kappa shape index (κ3) is 3.26. The van der Waals surface area contributed by atoms with Crippen LogP contribution in [0.15, 0.2) is 17.1 Å². The molecule has 0 radical (unpaired) electrons. The van der Waals surface area contributed by atoms with Crippen LogP contribution in [0.1, 0.15) is 29.2 Å². The summed E-state index contributed by atoms with van der Waals surface area (Å²) >= 11 is 0. The second kappa shape index (κ2) is 7.06. The first-order valence-corrected chi connectivity index (χ1v) is 8.42. The van der Waals surface area contributed by atoms with Gasteiger partial charge in [-0.25, -0.2) is 14.2 Å². The van der Waals surface area contributed by atoms with Crippen molar-refractivity contribution in [1.29, 1.82) is 0 Å². The van der Waals surface area contributed by atoms with Crippen molar-refractivity contribution in [1.82, 2.24) is 9.55 Å². The fraction of sp³-hybridized carbons (Fsp3) is 0.471. The monoisotopic (exact) mass is 398 g/mol. The van der Waals surface area contributed by atoms with Crippen LogP contribution in [0.4, 0.5) is 10.2 Å². The maximum absolute atomic E-state index is 14.7. The molecule has 10 heteroatoms.